The molecule has 0 saturated carbocycles. The highest BCUT2D eigenvalue weighted by atomic mass is 79.9. The van der Waals surface area contributed by atoms with Crippen LogP contribution >= 0.6 is 27.3 Å². The van der Waals surface area contributed by atoms with E-state index in [4.69, 9.17) is 10.5 Å². The maximum absolute atomic E-state index is 5.90. The largest absolute Gasteiger partial charge is 0.497 e. The molecule has 0 amide bonds. The molecule has 4 heteroatoms. The second kappa shape index (κ2) is 7.08. The van der Waals surface area contributed by atoms with Crippen LogP contribution in [-0.2, 0) is 12.8 Å². The topological polar surface area (TPSA) is 35.2 Å². The molecule has 0 aliphatic heterocycles. The standard InChI is InChI=1S/C15H18BrNOS/c1-18-13-4-2-11(3-5-13)8-12(10-17)9-14-6-7-15(16)19-14/h2-7,12H,8-10,17H2,1H3. The summed E-state index contributed by atoms with van der Waals surface area (Å²) in [5, 5.41) is 0. The van der Waals surface area contributed by atoms with E-state index in [0.717, 1.165) is 18.6 Å². The zero-order chi connectivity index (χ0) is 13.7. The van der Waals surface area contributed by atoms with E-state index in [-0.39, 0.29) is 0 Å². The minimum atomic E-state index is 0.485. The van der Waals surface area contributed by atoms with Gasteiger partial charge in [0, 0.05) is 4.88 Å². The van der Waals surface area contributed by atoms with E-state index in [1.807, 2.05) is 12.1 Å². The van der Waals surface area contributed by atoms with Gasteiger partial charge < -0.3 is 10.5 Å². The van der Waals surface area contributed by atoms with Gasteiger partial charge in [0.15, 0.2) is 0 Å². The molecule has 2 nitrogen and oxygen atoms in total. The maximum Gasteiger partial charge on any atom is 0.118 e. The molecular weight excluding hydrogens is 322 g/mol. The molecule has 2 rings (SSSR count). The van der Waals surface area contributed by atoms with Crippen LogP contribution in [0, 0.1) is 5.92 Å². The lowest BCUT2D eigenvalue weighted by Crippen LogP contribution is -2.18. The van der Waals surface area contributed by atoms with Crippen LogP contribution in [0.5, 0.6) is 5.75 Å². The number of hydrogen-bond donors (Lipinski definition) is 1. The van der Waals surface area contributed by atoms with Gasteiger partial charge in [0.25, 0.3) is 0 Å². The monoisotopic (exact) mass is 339 g/mol. The first-order valence-electron chi connectivity index (χ1n) is 6.28. The Morgan fingerprint density at radius 2 is 1.89 bits per heavy atom. The molecule has 1 aromatic carbocycles. The van der Waals surface area contributed by atoms with E-state index < -0.39 is 0 Å². The van der Waals surface area contributed by atoms with Gasteiger partial charge in [-0.25, -0.2) is 0 Å². The average molecular weight is 340 g/mol. The Labute approximate surface area is 126 Å². The van der Waals surface area contributed by atoms with Crippen molar-refractivity contribution in [2.75, 3.05) is 13.7 Å². The van der Waals surface area contributed by atoms with Crippen molar-refractivity contribution in [3.8, 4) is 5.75 Å². The van der Waals surface area contributed by atoms with Gasteiger partial charge in [-0.2, -0.15) is 0 Å². The Bertz CT molecular complexity index is 509. The molecular formula is C15H18BrNOS. The molecule has 19 heavy (non-hydrogen) atoms. The molecule has 1 aromatic heterocycles. The molecule has 0 fully saturated rings. The van der Waals surface area contributed by atoms with Crippen molar-refractivity contribution in [3.05, 3.63) is 50.6 Å². The van der Waals surface area contributed by atoms with Crippen LogP contribution in [0.15, 0.2) is 40.2 Å². The smallest absolute Gasteiger partial charge is 0.118 e. The van der Waals surface area contributed by atoms with Crippen molar-refractivity contribution in [2.24, 2.45) is 11.7 Å². The molecule has 2 aromatic rings. The van der Waals surface area contributed by atoms with Crippen molar-refractivity contribution >= 4 is 27.3 Å². The van der Waals surface area contributed by atoms with E-state index in [0.29, 0.717) is 12.5 Å². The highest BCUT2D eigenvalue weighted by Crippen LogP contribution is 2.25. The Balaban J connectivity index is 1.97. The van der Waals surface area contributed by atoms with E-state index in [1.54, 1.807) is 18.4 Å². The molecule has 0 spiro atoms. The van der Waals surface area contributed by atoms with Crippen molar-refractivity contribution in [2.45, 2.75) is 12.8 Å². The van der Waals surface area contributed by atoms with Gasteiger partial charge in [-0.05, 0) is 71.1 Å². The zero-order valence-corrected chi connectivity index (χ0v) is 13.3. The van der Waals surface area contributed by atoms with E-state index in [2.05, 4.69) is 40.2 Å². The predicted octanol–water partition coefficient (Wildman–Crippen LogP) is 3.88. The number of benzene rings is 1. The van der Waals surface area contributed by atoms with Crippen LogP contribution in [-0.4, -0.2) is 13.7 Å². The third kappa shape index (κ3) is 4.34. The first-order valence-corrected chi connectivity index (χ1v) is 7.89. The summed E-state index contributed by atoms with van der Waals surface area (Å²) >= 11 is 5.29. The lowest BCUT2D eigenvalue weighted by Gasteiger charge is -2.14. The number of halogens is 1. The fourth-order valence-corrected chi connectivity index (χ4v) is 3.68. The summed E-state index contributed by atoms with van der Waals surface area (Å²) in [5.74, 6) is 1.38. The molecule has 0 saturated heterocycles. The number of ether oxygens (including phenoxy) is 1. The summed E-state index contributed by atoms with van der Waals surface area (Å²) in [6.45, 7) is 0.710. The number of methoxy groups -OCH3 is 1. The van der Waals surface area contributed by atoms with Crippen LogP contribution in [0.1, 0.15) is 10.4 Å². The summed E-state index contributed by atoms with van der Waals surface area (Å²) in [6.07, 6.45) is 2.05. The molecule has 102 valence electrons. The van der Waals surface area contributed by atoms with Crippen molar-refractivity contribution in [3.63, 3.8) is 0 Å². The van der Waals surface area contributed by atoms with Crippen LogP contribution in [0.3, 0.4) is 0 Å². The molecule has 1 atom stereocenters. The summed E-state index contributed by atoms with van der Waals surface area (Å²) in [4.78, 5) is 1.39. The fourth-order valence-electron chi connectivity index (χ4n) is 2.08. The number of rotatable bonds is 6. The lowest BCUT2D eigenvalue weighted by molar-refractivity contribution is 0.414. The Morgan fingerprint density at radius 1 is 1.16 bits per heavy atom. The molecule has 0 bridgehead atoms. The Hall–Kier alpha value is -0.840. The van der Waals surface area contributed by atoms with Gasteiger partial charge in [0.1, 0.15) is 5.75 Å². The summed E-state index contributed by atoms with van der Waals surface area (Å²) in [5.41, 5.74) is 7.21. The first kappa shape index (κ1) is 14.6. The molecule has 0 aliphatic carbocycles. The van der Waals surface area contributed by atoms with E-state index in [1.165, 1.54) is 14.2 Å². The summed E-state index contributed by atoms with van der Waals surface area (Å²) < 4.78 is 6.35. The van der Waals surface area contributed by atoms with Crippen LogP contribution in [0.4, 0.5) is 0 Å². The van der Waals surface area contributed by atoms with Crippen molar-refractivity contribution < 1.29 is 4.74 Å². The van der Waals surface area contributed by atoms with Crippen molar-refractivity contribution in [1.29, 1.82) is 0 Å². The summed E-state index contributed by atoms with van der Waals surface area (Å²) in [6, 6.07) is 12.5. The molecule has 0 aliphatic rings. The maximum atomic E-state index is 5.90. The second-order valence-electron chi connectivity index (χ2n) is 4.56. The Morgan fingerprint density at radius 3 is 2.42 bits per heavy atom. The van der Waals surface area contributed by atoms with Gasteiger partial charge >= 0.3 is 0 Å². The van der Waals surface area contributed by atoms with Gasteiger partial charge in [0.2, 0.25) is 0 Å². The normalized spacial score (nSPS) is 12.4. The minimum absolute atomic E-state index is 0.485. The highest BCUT2D eigenvalue weighted by molar-refractivity contribution is 9.11. The number of hydrogen-bond acceptors (Lipinski definition) is 3. The predicted molar refractivity (Wildman–Crippen MR) is 85.0 cm³/mol. The van der Waals surface area contributed by atoms with Crippen LogP contribution < -0.4 is 10.5 Å². The minimum Gasteiger partial charge on any atom is -0.497 e. The first-order chi connectivity index (χ1) is 9.21. The summed E-state index contributed by atoms with van der Waals surface area (Å²) in [7, 11) is 1.69. The second-order valence-corrected chi connectivity index (χ2v) is 7.11. The van der Waals surface area contributed by atoms with Gasteiger partial charge in [-0.15, -0.1) is 11.3 Å². The third-order valence-corrected chi connectivity index (χ3v) is 4.78. The SMILES string of the molecule is COc1ccc(CC(CN)Cc2ccc(Br)s2)cc1. The molecule has 1 heterocycles. The lowest BCUT2D eigenvalue weighted by atomic mass is 9.95. The van der Waals surface area contributed by atoms with Gasteiger partial charge in [-0.1, -0.05) is 12.1 Å². The Kier molecular flexibility index (Phi) is 5.43. The van der Waals surface area contributed by atoms with Crippen molar-refractivity contribution in [1.82, 2.24) is 0 Å². The fraction of sp³-hybridized carbons (Fsp3) is 0.333. The van der Waals surface area contributed by atoms with Crippen LogP contribution in [0.25, 0.3) is 0 Å². The number of nitrogens with two attached hydrogens (primary N) is 1. The van der Waals surface area contributed by atoms with E-state index >= 15 is 0 Å². The molecule has 2 N–H and O–H groups in total. The van der Waals surface area contributed by atoms with Crippen LogP contribution in [0.2, 0.25) is 0 Å². The zero-order valence-electron chi connectivity index (χ0n) is 10.9. The number of thiophene rings is 1. The highest BCUT2D eigenvalue weighted by Gasteiger charge is 2.10. The quantitative estimate of drug-likeness (QED) is 0.866. The average Bonchev–Trinajstić information content (AvgIpc) is 2.84. The third-order valence-electron chi connectivity index (χ3n) is 3.14. The van der Waals surface area contributed by atoms with Gasteiger partial charge in [0.05, 0.1) is 10.9 Å². The van der Waals surface area contributed by atoms with E-state index in [9.17, 15) is 0 Å². The molecule has 1 unspecified atom stereocenters. The van der Waals surface area contributed by atoms with Gasteiger partial charge in [-0.3, -0.25) is 0 Å². The molecule has 0 radical (unpaired) electrons.